The van der Waals surface area contributed by atoms with Gasteiger partial charge in [0.05, 0.1) is 5.75 Å². The Hall–Kier alpha value is -1.46. The Morgan fingerprint density at radius 3 is 2.68 bits per heavy atom. The molecule has 100 valence electrons. The van der Waals surface area contributed by atoms with Crippen LogP contribution in [0.1, 0.15) is 25.7 Å². The molecule has 0 bridgehead atoms. The number of carboxylic acid groups (broad SMARTS) is 1. The van der Waals surface area contributed by atoms with Gasteiger partial charge in [-0.05, 0) is 24.6 Å². The predicted octanol–water partition coefficient (Wildman–Crippen LogP) is 3.20. The molecule has 2 rings (SSSR count). The fourth-order valence-corrected chi connectivity index (χ4v) is 4.11. The van der Waals surface area contributed by atoms with E-state index < -0.39 is 16.8 Å². The summed E-state index contributed by atoms with van der Waals surface area (Å²) in [5.41, 5.74) is 2.20. The number of hydrogen-bond donors (Lipinski definition) is 1. The number of hydrogen-bond acceptors (Lipinski definition) is 3. The van der Waals surface area contributed by atoms with E-state index in [0.717, 1.165) is 16.0 Å². The number of aryl methyl sites for hydroxylation is 1. The summed E-state index contributed by atoms with van der Waals surface area (Å²) in [6, 6.07) is 11.2. The van der Waals surface area contributed by atoms with Crippen molar-refractivity contribution < 1.29 is 14.1 Å². The van der Waals surface area contributed by atoms with Gasteiger partial charge in [0, 0.05) is 21.4 Å². The molecule has 0 spiro atoms. The van der Waals surface area contributed by atoms with Crippen LogP contribution in [0.2, 0.25) is 0 Å². The van der Waals surface area contributed by atoms with Gasteiger partial charge < -0.3 is 5.11 Å². The first-order chi connectivity index (χ1) is 9.04. The van der Waals surface area contributed by atoms with Crippen molar-refractivity contribution in [2.45, 2.75) is 18.4 Å². The molecule has 0 amide bonds. The Balaban J connectivity index is 1.99. The van der Waals surface area contributed by atoms with E-state index in [-0.39, 0.29) is 0 Å². The van der Waals surface area contributed by atoms with Gasteiger partial charge in [-0.15, -0.1) is 11.3 Å². The van der Waals surface area contributed by atoms with E-state index in [2.05, 4.69) is 0 Å². The first-order valence-corrected chi connectivity index (χ1v) is 8.07. The molecular formula is C14H14O3S2. The van der Waals surface area contributed by atoms with Crippen LogP contribution < -0.4 is 0 Å². The first kappa shape index (κ1) is 14.0. The van der Waals surface area contributed by atoms with Gasteiger partial charge in [0.25, 0.3) is 0 Å². The highest BCUT2D eigenvalue weighted by molar-refractivity contribution is 7.83. The van der Waals surface area contributed by atoms with Crippen LogP contribution in [0.5, 0.6) is 0 Å². The fraction of sp³-hybridized carbons (Fsp3) is 0.214. The molecule has 0 radical (unpaired) electrons. The standard InChI is InChI=1S/C14H14O3S2/c1-10-3-2-4-11(7-10)8-19(17)9-12-5-6-13(18-12)14(15)16/h2-7H,8-9H2,1H3,(H,15,16). The first-order valence-electron chi connectivity index (χ1n) is 5.77. The number of rotatable bonds is 5. The molecular weight excluding hydrogens is 280 g/mol. The molecule has 0 aliphatic carbocycles. The lowest BCUT2D eigenvalue weighted by Gasteiger charge is -2.02. The van der Waals surface area contributed by atoms with E-state index in [1.54, 1.807) is 12.1 Å². The lowest BCUT2D eigenvalue weighted by Crippen LogP contribution is -1.98. The van der Waals surface area contributed by atoms with E-state index in [1.165, 1.54) is 11.3 Å². The van der Waals surface area contributed by atoms with Crippen molar-refractivity contribution in [3.63, 3.8) is 0 Å². The summed E-state index contributed by atoms with van der Waals surface area (Å²) in [5.74, 6) is -0.0193. The van der Waals surface area contributed by atoms with Crippen LogP contribution in [0, 0.1) is 6.92 Å². The number of thiophene rings is 1. The summed E-state index contributed by atoms with van der Waals surface area (Å²) in [5, 5.41) is 8.83. The van der Waals surface area contributed by atoms with Gasteiger partial charge in [-0.3, -0.25) is 4.21 Å². The maximum Gasteiger partial charge on any atom is 0.345 e. The van der Waals surface area contributed by atoms with Crippen molar-refractivity contribution in [3.8, 4) is 0 Å². The van der Waals surface area contributed by atoms with E-state index in [0.29, 0.717) is 16.4 Å². The van der Waals surface area contributed by atoms with Gasteiger partial charge >= 0.3 is 5.97 Å². The molecule has 1 N–H and O–H groups in total. The second-order valence-electron chi connectivity index (χ2n) is 4.29. The van der Waals surface area contributed by atoms with Crippen LogP contribution in [0.25, 0.3) is 0 Å². The molecule has 1 aromatic carbocycles. The van der Waals surface area contributed by atoms with Crippen molar-refractivity contribution in [2.75, 3.05) is 0 Å². The van der Waals surface area contributed by atoms with Crippen LogP contribution in [-0.4, -0.2) is 15.3 Å². The summed E-state index contributed by atoms with van der Waals surface area (Å²) < 4.78 is 12.0. The highest BCUT2D eigenvalue weighted by Gasteiger charge is 2.10. The van der Waals surface area contributed by atoms with Crippen LogP contribution in [-0.2, 0) is 22.3 Å². The van der Waals surface area contributed by atoms with E-state index in [9.17, 15) is 9.00 Å². The molecule has 0 saturated carbocycles. The molecule has 0 aliphatic heterocycles. The lowest BCUT2D eigenvalue weighted by molar-refractivity contribution is 0.0702. The molecule has 1 aromatic heterocycles. The third kappa shape index (κ3) is 4.01. The molecule has 2 aromatic rings. The smallest absolute Gasteiger partial charge is 0.345 e. The van der Waals surface area contributed by atoms with Crippen LogP contribution in [0.15, 0.2) is 36.4 Å². The maximum atomic E-state index is 12.0. The highest BCUT2D eigenvalue weighted by atomic mass is 32.2. The molecule has 19 heavy (non-hydrogen) atoms. The molecule has 5 heteroatoms. The van der Waals surface area contributed by atoms with Gasteiger partial charge in [-0.2, -0.15) is 0 Å². The van der Waals surface area contributed by atoms with Crippen LogP contribution in [0.4, 0.5) is 0 Å². The minimum Gasteiger partial charge on any atom is -0.477 e. The van der Waals surface area contributed by atoms with Crippen molar-refractivity contribution in [3.05, 3.63) is 57.3 Å². The number of aromatic carboxylic acids is 1. The molecule has 1 unspecified atom stereocenters. The number of carboxylic acids is 1. The Morgan fingerprint density at radius 1 is 1.26 bits per heavy atom. The number of carbonyl (C=O) groups is 1. The Morgan fingerprint density at radius 2 is 2.05 bits per heavy atom. The van der Waals surface area contributed by atoms with Gasteiger partial charge in [-0.1, -0.05) is 29.8 Å². The average Bonchev–Trinajstić information content (AvgIpc) is 2.77. The zero-order chi connectivity index (χ0) is 13.8. The second-order valence-corrected chi connectivity index (χ2v) is 6.91. The highest BCUT2D eigenvalue weighted by Crippen LogP contribution is 2.19. The van der Waals surface area contributed by atoms with E-state index in [1.807, 2.05) is 31.2 Å². The zero-order valence-electron chi connectivity index (χ0n) is 10.5. The Labute approximate surface area is 118 Å². The summed E-state index contributed by atoms with van der Waals surface area (Å²) in [6.45, 7) is 2.00. The SMILES string of the molecule is Cc1cccc(CS(=O)Cc2ccc(C(=O)O)s2)c1. The zero-order valence-corrected chi connectivity index (χ0v) is 12.1. The third-order valence-corrected chi connectivity index (χ3v) is 5.13. The van der Waals surface area contributed by atoms with Crippen LogP contribution in [0.3, 0.4) is 0 Å². The van der Waals surface area contributed by atoms with Crippen molar-refractivity contribution >= 4 is 28.1 Å². The number of benzene rings is 1. The van der Waals surface area contributed by atoms with Gasteiger partial charge in [0.15, 0.2) is 0 Å². The van der Waals surface area contributed by atoms with E-state index >= 15 is 0 Å². The maximum absolute atomic E-state index is 12.0. The molecule has 3 nitrogen and oxygen atoms in total. The minimum absolute atomic E-state index is 0.294. The third-order valence-electron chi connectivity index (χ3n) is 2.59. The molecule has 0 saturated heterocycles. The summed E-state index contributed by atoms with van der Waals surface area (Å²) in [6.07, 6.45) is 0. The normalized spacial score (nSPS) is 12.3. The van der Waals surface area contributed by atoms with Crippen molar-refractivity contribution in [1.82, 2.24) is 0 Å². The molecule has 0 fully saturated rings. The molecule has 0 aliphatic rings. The Kier molecular flexibility index (Phi) is 4.50. The summed E-state index contributed by atoms with van der Waals surface area (Å²) >= 11 is 1.19. The van der Waals surface area contributed by atoms with Gasteiger partial charge in [0.1, 0.15) is 4.88 Å². The van der Waals surface area contributed by atoms with Gasteiger partial charge in [0.2, 0.25) is 0 Å². The Bertz CT molecular complexity index is 617. The fourth-order valence-electron chi connectivity index (χ4n) is 1.77. The van der Waals surface area contributed by atoms with E-state index in [4.69, 9.17) is 5.11 Å². The molecule has 1 heterocycles. The monoisotopic (exact) mass is 294 g/mol. The molecule has 1 atom stereocenters. The predicted molar refractivity (Wildman–Crippen MR) is 78.0 cm³/mol. The lowest BCUT2D eigenvalue weighted by atomic mass is 10.2. The second kappa shape index (κ2) is 6.12. The minimum atomic E-state index is -1.01. The van der Waals surface area contributed by atoms with Gasteiger partial charge in [-0.25, -0.2) is 4.79 Å². The van der Waals surface area contributed by atoms with Crippen molar-refractivity contribution in [2.24, 2.45) is 0 Å². The quantitative estimate of drug-likeness (QED) is 0.921. The summed E-state index contributed by atoms with van der Waals surface area (Å²) in [4.78, 5) is 11.9. The summed E-state index contributed by atoms with van der Waals surface area (Å²) in [7, 11) is -1.01. The van der Waals surface area contributed by atoms with Crippen LogP contribution >= 0.6 is 11.3 Å². The largest absolute Gasteiger partial charge is 0.477 e. The average molecular weight is 294 g/mol. The van der Waals surface area contributed by atoms with Crippen molar-refractivity contribution in [1.29, 1.82) is 0 Å². The topological polar surface area (TPSA) is 54.4 Å².